The molecule has 1 aliphatic rings. The molecule has 0 aromatic carbocycles. The number of carbonyl (C=O) groups excluding carboxylic acids is 1. The van der Waals surface area contributed by atoms with Crippen LogP contribution in [0.2, 0.25) is 0 Å². The molecule has 1 rings (SSSR count). The van der Waals surface area contributed by atoms with Crippen molar-refractivity contribution < 1.29 is 23.1 Å². The molecule has 0 heterocycles. The van der Waals surface area contributed by atoms with Crippen LogP contribution in [0.15, 0.2) is 0 Å². The third-order valence-corrected chi connectivity index (χ3v) is 5.77. The molecule has 0 saturated heterocycles. The quantitative estimate of drug-likeness (QED) is 0.684. The topological polar surface area (TPSA) is 92.7 Å². The highest BCUT2D eigenvalue weighted by molar-refractivity contribution is 7.90. The third kappa shape index (κ3) is 5.23. The standard InChI is InChI=1S/C14H27NO5S/c1-10(2)8-14(3,17)9-15-21(18,19)12-7-5-6-11(12)13(16)20-4/h10-12,15,17H,5-9H2,1-4H3. The zero-order valence-corrected chi connectivity index (χ0v) is 14.1. The number of rotatable bonds is 7. The number of hydrogen-bond acceptors (Lipinski definition) is 5. The molecule has 3 atom stereocenters. The molecule has 0 aromatic heterocycles. The number of esters is 1. The van der Waals surface area contributed by atoms with Crippen molar-refractivity contribution in [3.63, 3.8) is 0 Å². The lowest BCUT2D eigenvalue weighted by atomic mass is 9.95. The number of aliphatic hydroxyl groups is 1. The highest BCUT2D eigenvalue weighted by Crippen LogP contribution is 2.31. The maximum atomic E-state index is 12.4. The summed E-state index contributed by atoms with van der Waals surface area (Å²) in [6.45, 7) is 5.50. The van der Waals surface area contributed by atoms with E-state index in [1.54, 1.807) is 6.92 Å². The minimum atomic E-state index is -3.64. The number of sulfonamides is 1. The van der Waals surface area contributed by atoms with Crippen LogP contribution in [-0.4, -0.2) is 44.0 Å². The summed E-state index contributed by atoms with van der Waals surface area (Å²) in [5, 5.41) is 9.43. The van der Waals surface area contributed by atoms with Gasteiger partial charge in [-0.05, 0) is 32.1 Å². The van der Waals surface area contributed by atoms with Crippen LogP contribution < -0.4 is 4.72 Å². The fourth-order valence-corrected chi connectivity index (χ4v) is 4.92. The molecular weight excluding hydrogens is 294 g/mol. The number of methoxy groups -OCH3 is 1. The predicted molar refractivity (Wildman–Crippen MR) is 80.1 cm³/mol. The average molecular weight is 321 g/mol. The van der Waals surface area contributed by atoms with Gasteiger partial charge in [-0.3, -0.25) is 4.79 Å². The third-order valence-electron chi connectivity index (χ3n) is 3.86. The lowest BCUT2D eigenvalue weighted by Gasteiger charge is -2.27. The van der Waals surface area contributed by atoms with Crippen LogP contribution in [-0.2, 0) is 19.6 Å². The monoisotopic (exact) mass is 321 g/mol. The van der Waals surface area contributed by atoms with E-state index in [1.165, 1.54) is 7.11 Å². The Labute approximate surface area is 127 Å². The maximum absolute atomic E-state index is 12.4. The summed E-state index contributed by atoms with van der Waals surface area (Å²) in [7, 11) is -2.38. The van der Waals surface area contributed by atoms with Crippen molar-refractivity contribution in [3.8, 4) is 0 Å². The van der Waals surface area contributed by atoms with Gasteiger partial charge in [-0.25, -0.2) is 13.1 Å². The summed E-state index contributed by atoms with van der Waals surface area (Å²) in [5.74, 6) is -0.821. The molecule has 3 unspecified atom stereocenters. The Balaban J connectivity index is 2.71. The highest BCUT2D eigenvalue weighted by Gasteiger charge is 2.42. The summed E-state index contributed by atoms with van der Waals surface area (Å²) < 4.78 is 31.9. The summed E-state index contributed by atoms with van der Waals surface area (Å²) in [6.07, 6.45) is 2.16. The minimum absolute atomic E-state index is 0.0437. The predicted octanol–water partition coefficient (Wildman–Crippen LogP) is 1.04. The van der Waals surface area contributed by atoms with Crippen molar-refractivity contribution in [1.29, 1.82) is 0 Å². The molecule has 1 aliphatic carbocycles. The van der Waals surface area contributed by atoms with Crippen molar-refractivity contribution >= 4 is 16.0 Å². The number of ether oxygens (including phenoxy) is 1. The Kier molecular flexibility index (Phi) is 6.19. The van der Waals surface area contributed by atoms with Gasteiger partial charge in [0.05, 0.1) is 23.9 Å². The lowest BCUT2D eigenvalue weighted by Crippen LogP contribution is -2.46. The van der Waals surface area contributed by atoms with E-state index >= 15 is 0 Å². The van der Waals surface area contributed by atoms with Gasteiger partial charge in [-0.15, -0.1) is 0 Å². The van der Waals surface area contributed by atoms with Crippen LogP contribution >= 0.6 is 0 Å². The Morgan fingerprint density at radius 2 is 2.05 bits per heavy atom. The second kappa shape index (κ2) is 7.07. The van der Waals surface area contributed by atoms with E-state index < -0.39 is 32.8 Å². The molecule has 6 nitrogen and oxygen atoms in total. The van der Waals surface area contributed by atoms with Gasteiger partial charge in [0.1, 0.15) is 0 Å². The molecule has 2 N–H and O–H groups in total. The number of carbonyl (C=O) groups is 1. The van der Waals surface area contributed by atoms with Crippen molar-refractivity contribution in [2.75, 3.05) is 13.7 Å². The van der Waals surface area contributed by atoms with Gasteiger partial charge in [0.15, 0.2) is 0 Å². The fraction of sp³-hybridized carbons (Fsp3) is 0.929. The van der Waals surface area contributed by atoms with Gasteiger partial charge in [-0.1, -0.05) is 20.3 Å². The van der Waals surface area contributed by atoms with Crippen LogP contribution in [0.3, 0.4) is 0 Å². The molecule has 0 aromatic rings. The van der Waals surface area contributed by atoms with Crippen molar-refractivity contribution in [1.82, 2.24) is 4.72 Å². The minimum Gasteiger partial charge on any atom is -0.469 e. The fourth-order valence-electron chi connectivity index (χ4n) is 3.03. The summed E-state index contributed by atoms with van der Waals surface area (Å²) >= 11 is 0. The molecule has 0 bridgehead atoms. The molecule has 1 fully saturated rings. The van der Waals surface area contributed by atoms with Crippen LogP contribution in [0, 0.1) is 11.8 Å². The van der Waals surface area contributed by atoms with Gasteiger partial charge in [0, 0.05) is 6.54 Å². The molecular formula is C14H27NO5S. The first-order valence-electron chi connectivity index (χ1n) is 7.38. The van der Waals surface area contributed by atoms with Crippen molar-refractivity contribution in [2.24, 2.45) is 11.8 Å². The van der Waals surface area contributed by atoms with E-state index in [0.717, 1.165) is 0 Å². The average Bonchev–Trinajstić information content (AvgIpc) is 2.84. The van der Waals surface area contributed by atoms with Gasteiger partial charge in [0.25, 0.3) is 0 Å². The molecule has 1 saturated carbocycles. The van der Waals surface area contributed by atoms with Crippen LogP contribution in [0.1, 0.15) is 46.5 Å². The van der Waals surface area contributed by atoms with Gasteiger partial charge in [0.2, 0.25) is 10.0 Å². The van der Waals surface area contributed by atoms with Crippen LogP contribution in [0.5, 0.6) is 0 Å². The number of nitrogens with one attached hydrogen (secondary N) is 1. The SMILES string of the molecule is COC(=O)C1CCCC1S(=O)(=O)NCC(C)(O)CC(C)C. The second-order valence-electron chi connectivity index (χ2n) is 6.56. The molecule has 0 aliphatic heterocycles. The first kappa shape index (κ1) is 18.4. The van der Waals surface area contributed by atoms with E-state index in [0.29, 0.717) is 25.7 Å². The van der Waals surface area contributed by atoms with E-state index in [4.69, 9.17) is 0 Å². The maximum Gasteiger partial charge on any atom is 0.310 e. The molecule has 0 amide bonds. The molecule has 0 radical (unpaired) electrons. The van der Waals surface area contributed by atoms with Gasteiger partial charge in [-0.2, -0.15) is 0 Å². The smallest absolute Gasteiger partial charge is 0.310 e. The van der Waals surface area contributed by atoms with Gasteiger partial charge >= 0.3 is 5.97 Å². The Hall–Kier alpha value is -0.660. The van der Waals surface area contributed by atoms with E-state index in [1.807, 2.05) is 13.8 Å². The molecule has 124 valence electrons. The molecule has 7 heteroatoms. The normalized spacial score (nSPS) is 25.8. The van der Waals surface area contributed by atoms with Crippen molar-refractivity contribution in [3.05, 3.63) is 0 Å². The van der Waals surface area contributed by atoms with E-state index in [2.05, 4.69) is 9.46 Å². The zero-order chi connectivity index (χ0) is 16.3. The lowest BCUT2D eigenvalue weighted by molar-refractivity contribution is -0.145. The Bertz CT molecular complexity index is 458. The second-order valence-corrected chi connectivity index (χ2v) is 8.54. The molecule has 21 heavy (non-hydrogen) atoms. The first-order valence-corrected chi connectivity index (χ1v) is 8.92. The number of hydrogen-bond donors (Lipinski definition) is 2. The van der Waals surface area contributed by atoms with Crippen LogP contribution in [0.25, 0.3) is 0 Å². The summed E-state index contributed by atoms with van der Waals surface area (Å²) in [4.78, 5) is 11.7. The summed E-state index contributed by atoms with van der Waals surface area (Å²) in [6, 6.07) is 0. The van der Waals surface area contributed by atoms with E-state index in [9.17, 15) is 18.3 Å². The summed E-state index contributed by atoms with van der Waals surface area (Å²) in [5.41, 5.74) is -1.10. The Morgan fingerprint density at radius 3 is 2.57 bits per heavy atom. The van der Waals surface area contributed by atoms with Crippen LogP contribution in [0.4, 0.5) is 0 Å². The van der Waals surface area contributed by atoms with Gasteiger partial charge < -0.3 is 9.84 Å². The van der Waals surface area contributed by atoms with E-state index in [-0.39, 0.29) is 12.5 Å². The Morgan fingerprint density at radius 1 is 1.43 bits per heavy atom. The van der Waals surface area contributed by atoms with Crippen molar-refractivity contribution in [2.45, 2.75) is 57.3 Å². The zero-order valence-electron chi connectivity index (χ0n) is 13.3. The molecule has 0 spiro atoms. The largest absolute Gasteiger partial charge is 0.469 e. The first-order chi connectivity index (χ1) is 9.59. The highest BCUT2D eigenvalue weighted by atomic mass is 32.2.